The lowest BCUT2D eigenvalue weighted by Gasteiger charge is -2.33. The number of hydrogen-bond acceptors (Lipinski definition) is 3. The first kappa shape index (κ1) is 26.1. The van der Waals surface area contributed by atoms with Crippen LogP contribution in [0, 0.1) is 5.82 Å². The van der Waals surface area contributed by atoms with Crippen LogP contribution in [0.25, 0.3) is 10.8 Å². The van der Waals surface area contributed by atoms with E-state index >= 15 is 0 Å². The van der Waals surface area contributed by atoms with Crippen molar-refractivity contribution in [2.75, 3.05) is 18.0 Å². The Bertz CT molecular complexity index is 1520. The van der Waals surface area contributed by atoms with Crippen LogP contribution in [0.15, 0.2) is 91.0 Å². The van der Waals surface area contributed by atoms with Crippen LogP contribution in [-0.4, -0.2) is 41.8 Å². The van der Waals surface area contributed by atoms with Gasteiger partial charge in [-0.05, 0) is 35.6 Å². The summed E-state index contributed by atoms with van der Waals surface area (Å²) in [7, 11) is 0. The van der Waals surface area contributed by atoms with Crippen LogP contribution in [-0.2, 0) is 22.6 Å². The summed E-state index contributed by atoms with van der Waals surface area (Å²) in [5.41, 5.74) is 2.36. The normalized spacial score (nSPS) is 13.0. The second kappa shape index (κ2) is 11.5. The Morgan fingerprint density at radius 1 is 0.923 bits per heavy atom. The lowest BCUT2D eigenvalue weighted by atomic mass is 10.0. The molecule has 1 aliphatic rings. The predicted molar refractivity (Wildman–Crippen MR) is 150 cm³/mol. The summed E-state index contributed by atoms with van der Waals surface area (Å²) in [5.74, 6) is -1.49. The Morgan fingerprint density at radius 2 is 1.64 bits per heavy atom. The molecule has 4 aromatic carbocycles. The highest BCUT2D eigenvalue weighted by Gasteiger charge is 2.36. The molecule has 1 unspecified atom stereocenters. The van der Waals surface area contributed by atoms with E-state index in [1.165, 1.54) is 15.9 Å². The van der Waals surface area contributed by atoms with Crippen molar-refractivity contribution in [1.29, 1.82) is 0 Å². The number of amides is 3. The van der Waals surface area contributed by atoms with E-state index in [-0.39, 0.29) is 31.3 Å². The second-order valence-electron chi connectivity index (χ2n) is 9.68. The maximum atomic E-state index is 14.8. The Labute approximate surface area is 227 Å². The molecule has 39 heavy (non-hydrogen) atoms. The van der Waals surface area contributed by atoms with Crippen molar-refractivity contribution in [1.82, 2.24) is 10.2 Å². The topological polar surface area (TPSA) is 69.7 Å². The monoisotopic (exact) mass is 523 g/mol. The first-order valence-electron chi connectivity index (χ1n) is 13.2. The fraction of sp³-hybridized carbons (Fsp3) is 0.219. The van der Waals surface area contributed by atoms with E-state index in [1.54, 1.807) is 24.3 Å². The molecule has 0 bridgehead atoms. The van der Waals surface area contributed by atoms with Crippen LogP contribution in [0.2, 0.25) is 0 Å². The van der Waals surface area contributed by atoms with Gasteiger partial charge >= 0.3 is 0 Å². The van der Waals surface area contributed by atoms with Gasteiger partial charge in [-0.25, -0.2) is 4.39 Å². The van der Waals surface area contributed by atoms with Crippen molar-refractivity contribution in [3.63, 3.8) is 0 Å². The fourth-order valence-electron chi connectivity index (χ4n) is 5.09. The smallest absolute Gasteiger partial charge is 0.259 e. The zero-order valence-electron chi connectivity index (χ0n) is 21.8. The summed E-state index contributed by atoms with van der Waals surface area (Å²) in [6.45, 7) is 2.02. The lowest BCUT2D eigenvalue weighted by Crippen LogP contribution is -2.53. The van der Waals surface area contributed by atoms with E-state index < -0.39 is 17.8 Å². The van der Waals surface area contributed by atoms with Crippen molar-refractivity contribution < 1.29 is 18.8 Å². The Balaban J connectivity index is 1.51. The molecule has 3 amide bonds. The Kier molecular flexibility index (Phi) is 7.68. The molecule has 1 N–H and O–H groups in total. The van der Waals surface area contributed by atoms with E-state index in [2.05, 4.69) is 5.32 Å². The highest BCUT2D eigenvalue weighted by molar-refractivity contribution is 6.26. The van der Waals surface area contributed by atoms with E-state index in [4.69, 9.17) is 0 Å². The van der Waals surface area contributed by atoms with Gasteiger partial charge in [0.25, 0.3) is 5.91 Å². The molecule has 198 valence electrons. The molecule has 5 rings (SSSR count). The molecule has 6 nitrogen and oxygen atoms in total. The summed E-state index contributed by atoms with van der Waals surface area (Å²) >= 11 is 0. The first-order valence-corrected chi connectivity index (χ1v) is 13.2. The van der Waals surface area contributed by atoms with Crippen LogP contribution in [0.3, 0.4) is 0 Å². The zero-order valence-corrected chi connectivity index (χ0v) is 21.8. The van der Waals surface area contributed by atoms with E-state index in [9.17, 15) is 18.8 Å². The minimum absolute atomic E-state index is 0.109. The van der Waals surface area contributed by atoms with Crippen LogP contribution >= 0.6 is 0 Å². The van der Waals surface area contributed by atoms with Gasteiger partial charge in [-0.3, -0.25) is 19.3 Å². The van der Waals surface area contributed by atoms with Crippen LogP contribution in [0.5, 0.6) is 0 Å². The van der Waals surface area contributed by atoms with Gasteiger partial charge in [-0.1, -0.05) is 79.7 Å². The van der Waals surface area contributed by atoms with Gasteiger partial charge < -0.3 is 10.2 Å². The van der Waals surface area contributed by atoms with Crippen molar-refractivity contribution in [2.45, 2.75) is 32.4 Å². The van der Waals surface area contributed by atoms with E-state index in [0.29, 0.717) is 23.4 Å². The molecule has 4 aromatic rings. The molecule has 0 aromatic heterocycles. The zero-order chi connectivity index (χ0) is 27.4. The minimum atomic E-state index is -0.901. The number of anilines is 1. The number of nitrogens with zero attached hydrogens (tertiary/aromatic N) is 2. The number of carbonyl (C=O) groups excluding carboxylic acids is 3. The predicted octanol–water partition coefficient (Wildman–Crippen LogP) is 5.11. The second-order valence-corrected chi connectivity index (χ2v) is 9.68. The van der Waals surface area contributed by atoms with Crippen LogP contribution in [0.4, 0.5) is 10.1 Å². The molecule has 0 aliphatic carbocycles. The molecule has 1 aliphatic heterocycles. The summed E-state index contributed by atoms with van der Waals surface area (Å²) in [5, 5.41) is 4.63. The van der Waals surface area contributed by atoms with Gasteiger partial charge in [0.15, 0.2) is 0 Å². The largest absolute Gasteiger partial charge is 0.354 e. The van der Waals surface area contributed by atoms with Gasteiger partial charge in [-0.15, -0.1) is 0 Å². The molecular weight excluding hydrogens is 493 g/mol. The Morgan fingerprint density at radius 3 is 2.38 bits per heavy atom. The number of benzene rings is 4. The summed E-state index contributed by atoms with van der Waals surface area (Å²) in [6, 6.07) is 25.9. The number of nitrogens with one attached hydrogen (secondary N) is 1. The molecule has 1 heterocycles. The molecule has 0 fully saturated rings. The number of carbonyl (C=O) groups is 3. The minimum Gasteiger partial charge on any atom is -0.354 e. The van der Waals surface area contributed by atoms with Gasteiger partial charge in [0.05, 0.1) is 5.69 Å². The molecule has 7 heteroatoms. The van der Waals surface area contributed by atoms with E-state index in [1.807, 2.05) is 67.6 Å². The SMILES string of the molecule is CCCNC(=O)C(Cc1ccccc1)N(Cc1ccccc1F)C(=O)CN1C(=O)c2cccc3cccc1c23. The molecule has 0 radical (unpaired) electrons. The van der Waals surface area contributed by atoms with Crippen LogP contribution < -0.4 is 10.2 Å². The van der Waals surface area contributed by atoms with Gasteiger partial charge in [-0.2, -0.15) is 0 Å². The lowest BCUT2D eigenvalue weighted by molar-refractivity contribution is -0.140. The van der Waals surface area contributed by atoms with Crippen molar-refractivity contribution in [2.24, 2.45) is 0 Å². The third-order valence-electron chi connectivity index (χ3n) is 7.06. The summed E-state index contributed by atoms with van der Waals surface area (Å²) in [4.78, 5) is 43.8. The average molecular weight is 524 g/mol. The van der Waals surface area contributed by atoms with Gasteiger partial charge in [0, 0.05) is 36.0 Å². The van der Waals surface area contributed by atoms with Crippen molar-refractivity contribution >= 4 is 34.2 Å². The molecule has 0 saturated heterocycles. The molecule has 0 saturated carbocycles. The Hall–Kier alpha value is -4.52. The number of hydrogen-bond donors (Lipinski definition) is 1. The molecule has 0 spiro atoms. The fourth-order valence-corrected chi connectivity index (χ4v) is 5.09. The first-order chi connectivity index (χ1) is 19.0. The quantitative estimate of drug-likeness (QED) is 0.314. The number of rotatable bonds is 10. The summed E-state index contributed by atoms with van der Waals surface area (Å²) in [6.07, 6.45) is 0.982. The maximum absolute atomic E-state index is 14.8. The highest BCUT2D eigenvalue weighted by Crippen LogP contribution is 2.37. The average Bonchev–Trinajstić information content (AvgIpc) is 3.23. The van der Waals surface area contributed by atoms with Gasteiger partial charge in [0.2, 0.25) is 11.8 Å². The highest BCUT2D eigenvalue weighted by atomic mass is 19.1. The third kappa shape index (κ3) is 5.39. The molecule has 1 atom stereocenters. The number of halogens is 1. The third-order valence-corrected chi connectivity index (χ3v) is 7.06. The van der Waals surface area contributed by atoms with E-state index in [0.717, 1.165) is 22.8 Å². The van der Waals surface area contributed by atoms with Gasteiger partial charge in [0.1, 0.15) is 18.4 Å². The molecular formula is C32H30FN3O3. The maximum Gasteiger partial charge on any atom is 0.259 e. The summed E-state index contributed by atoms with van der Waals surface area (Å²) < 4.78 is 14.8. The van der Waals surface area contributed by atoms with Crippen molar-refractivity contribution in [3.05, 3.63) is 114 Å². The van der Waals surface area contributed by atoms with Crippen molar-refractivity contribution in [3.8, 4) is 0 Å². The standard InChI is InChI=1S/C32H30FN3O3/c1-2-18-34-31(38)28(19-22-10-4-3-5-11-22)35(20-24-12-6-7-16-26(24)33)29(37)21-36-27-17-9-14-23-13-8-15-25(30(23)27)32(36)39/h3-17,28H,2,18-21H2,1H3,(H,34,38). The van der Waals surface area contributed by atoms with Crippen LogP contribution in [0.1, 0.15) is 34.8 Å².